The number of carbonyl (C=O) groups is 1. The number of nitrogens with one attached hydrogen (secondary N) is 2. The van der Waals surface area contributed by atoms with E-state index >= 15 is 0 Å². The van der Waals surface area contributed by atoms with E-state index in [0.717, 1.165) is 44.0 Å². The molecular formula is C21H30N6O. The van der Waals surface area contributed by atoms with Crippen LogP contribution in [0.15, 0.2) is 41.7 Å². The highest BCUT2D eigenvalue weighted by Gasteiger charge is 2.25. The van der Waals surface area contributed by atoms with Crippen molar-refractivity contribution in [1.82, 2.24) is 25.3 Å². The Labute approximate surface area is 166 Å². The topological polar surface area (TPSA) is 74.6 Å². The summed E-state index contributed by atoms with van der Waals surface area (Å²) in [4.78, 5) is 18.6. The summed E-state index contributed by atoms with van der Waals surface area (Å²) in [6.07, 6.45) is 7.14. The number of amides is 1. The molecule has 2 aromatic rings. The van der Waals surface area contributed by atoms with Gasteiger partial charge in [0, 0.05) is 52.5 Å². The fourth-order valence-electron chi connectivity index (χ4n) is 3.77. The molecule has 2 heterocycles. The van der Waals surface area contributed by atoms with Crippen LogP contribution in [-0.2, 0) is 19.9 Å². The molecule has 28 heavy (non-hydrogen) atoms. The Kier molecular flexibility index (Phi) is 6.68. The lowest BCUT2D eigenvalue weighted by molar-refractivity contribution is 0.0963. The van der Waals surface area contributed by atoms with Gasteiger partial charge >= 0.3 is 0 Å². The highest BCUT2D eigenvalue weighted by molar-refractivity contribution is 5.94. The third-order valence-electron chi connectivity index (χ3n) is 5.19. The molecule has 1 aromatic heterocycles. The monoisotopic (exact) mass is 382 g/mol. The SMILES string of the molecule is CN=C(NCCc1cccc(C(=O)NC)c1)N1CCC(Cc2cnn(C)c2)C1. The molecule has 1 aliphatic heterocycles. The Bertz CT molecular complexity index is 828. The number of aryl methyl sites for hydroxylation is 1. The number of guanidine groups is 1. The van der Waals surface area contributed by atoms with E-state index in [0.29, 0.717) is 11.5 Å². The Balaban J connectivity index is 1.48. The fourth-order valence-corrected chi connectivity index (χ4v) is 3.77. The number of aliphatic imine (C=N–C) groups is 1. The first-order valence-corrected chi connectivity index (χ1v) is 9.83. The molecule has 2 N–H and O–H groups in total. The van der Waals surface area contributed by atoms with E-state index in [4.69, 9.17) is 0 Å². The van der Waals surface area contributed by atoms with Crippen molar-refractivity contribution in [3.05, 3.63) is 53.3 Å². The molecule has 150 valence electrons. The van der Waals surface area contributed by atoms with Crippen molar-refractivity contribution in [3.63, 3.8) is 0 Å². The van der Waals surface area contributed by atoms with Gasteiger partial charge in [-0.3, -0.25) is 14.5 Å². The molecule has 1 amide bonds. The van der Waals surface area contributed by atoms with Crippen LogP contribution in [0.5, 0.6) is 0 Å². The van der Waals surface area contributed by atoms with Crippen LogP contribution in [0.2, 0.25) is 0 Å². The van der Waals surface area contributed by atoms with Crippen molar-refractivity contribution >= 4 is 11.9 Å². The van der Waals surface area contributed by atoms with Gasteiger partial charge in [0.25, 0.3) is 5.91 Å². The molecule has 7 heteroatoms. The summed E-state index contributed by atoms with van der Waals surface area (Å²) < 4.78 is 1.86. The van der Waals surface area contributed by atoms with Gasteiger partial charge in [-0.2, -0.15) is 5.10 Å². The van der Waals surface area contributed by atoms with Crippen LogP contribution >= 0.6 is 0 Å². The third kappa shape index (κ3) is 5.12. The maximum atomic E-state index is 11.8. The molecule has 0 saturated carbocycles. The molecule has 0 radical (unpaired) electrons. The second kappa shape index (κ2) is 9.39. The molecule has 0 bridgehead atoms. The standard InChI is InChI=1S/C21H30N6O/c1-22-20(28)19-6-4-5-16(12-19)7-9-24-21(23-2)27-10-8-17(15-27)11-18-13-25-26(3)14-18/h4-6,12-14,17H,7-11,15H2,1-3H3,(H,22,28)(H,23,24). The molecule has 3 rings (SSSR count). The van der Waals surface area contributed by atoms with Crippen LogP contribution < -0.4 is 10.6 Å². The average Bonchev–Trinajstić information content (AvgIpc) is 3.34. The molecule has 1 aliphatic rings. The average molecular weight is 383 g/mol. The summed E-state index contributed by atoms with van der Waals surface area (Å²) in [5.74, 6) is 1.53. The molecule has 1 atom stereocenters. The van der Waals surface area contributed by atoms with Crippen molar-refractivity contribution in [3.8, 4) is 0 Å². The van der Waals surface area contributed by atoms with Crippen LogP contribution in [0, 0.1) is 5.92 Å². The molecule has 7 nitrogen and oxygen atoms in total. The minimum atomic E-state index is -0.0534. The zero-order valence-corrected chi connectivity index (χ0v) is 17.0. The number of nitrogens with zero attached hydrogens (tertiary/aromatic N) is 4. The van der Waals surface area contributed by atoms with Gasteiger partial charge < -0.3 is 15.5 Å². The van der Waals surface area contributed by atoms with E-state index in [9.17, 15) is 4.79 Å². The quantitative estimate of drug-likeness (QED) is 0.586. The van der Waals surface area contributed by atoms with Crippen LogP contribution in [0.3, 0.4) is 0 Å². The smallest absolute Gasteiger partial charge is 0.251 e. The number of aromatic nitrogens is 2. The summed E-state index contributed by atoms with van der Waals surface area (Å²) >= 11 is 0. The molecule has 1 unspecified atom stereocenters. The second-order valence-electron chi connectivity index (χ2n) is 7.33. The minimum absolute atomic E-state index is 0.0534. The fraction of sp³-hybridized carbons (Fsp3) is 0.476. The predicted molar refractivity (Wildman–Crippen MR) is 111 cm³/mol. The largest absolute Gasteiger partial charge is 0.356 e. The van der Waals surface area contributed by atoms with E-state index in [1.807, 2.05) is 43.2 Å². The van der Waals surface area contributed by atoms with Gasteiger partial charge in [-0.1, -0.05) is 12.1 Å². The van der Waals surface area contributed by atoms with E-state index in [1.165, 1.54) is 12.0 Å². The van der Waals surface area contributed by atoms with E-state index in [-0.39, 0.29) is 5.91 Å². The first-order valence-electron chi connectivity index (χ1n) is 9.83. The van der Waals surface area contributed by atoms with Gasteiger partial charge in [0.15, 0.2) is 5.96 Å². The number of likely N-dealkylation sites (tertiary alicyclic amines) is 1. The van der Waals surface area contributed by atoms with Crippen molar-refractivity contribution in [2.24, 2.45) is 18.0 Å². The number of carbonyl (C=O) groups excluding carboxylic acids is 1. The van der Waals surface area contributed by atoms with Crippen molar-refractivity contribution in [2.45, 2.75) is 19.3 Å². The Hall–Kier alpha value is -2.83. The van der Waals surface area contributed by atoms with Gasteiger partial charge in [0.05, 0.1) is 6.20 Å². The van der Waals surface area contributed by atoms with Gasteiger partial charge in [0.2, 0.25) is 0 Å². The molecular weight excluding hydrogens is 352 g/mol. The lowest BCUT2D eigenvalue weighted by Gasteiger charge is -2.21. The second-order valence-corrected chi connectivity index (χ2v) is 7.33. The zero-order valence-electron chi connectivity index (χ0n) is 17.0. The maximum Gasteiger partial charge on any atom is 0.251 e. The number of hydrogen-bond acceptors (Lipinski definition) is 3. The molecule has 1 aromatic carbocycles. The molecule has 1 saturated heterocycles. The lowest BCUT2D eigenvalue weighted by Crippen LogP contribution is -2.41. The maximum absolute atomic E-state index is 11.8. The number of rotatable bonds is 6. The third-order valence-corrected chi connectivity index (χ3v) is 5.19. The van der Waals surface area contributed by atoms with Gasteiger partial charge in [-0.05, 0) is 48.4 Å². The number of hydrogen-bond donors (Lipinski definition) is 2. The Morgan fingerprint density at radius 2 is 2.21 bits per heavy atom. The van der Waals surface area contributed by atoms with Crippen molar-refractivity contribution in [2.75, 3.05) is 33.7 Å². The summed E-state index contributed by atoms with van der Waals surface area (Å²) in [6.45, 7) is 2.82. The molecule has 0 aliphatic carbocycles. The van der Waals surface area contributed by atoms with Crippen molar-refractivity contribution in [1.29, 1.82) is 0 Å². The van der Waals surface area contributed by atoms with E-state index in [2.05, 4.69) is 37.9 Å². The zero-order chi connectivity index (χ0) is 19.9. The summed E-state index contributed by atoms with van der Waals surface area (Å²) in [5, 5.41) is 10.4. The van der Waals surface area contributed by atoms with Crippen molar-refractivity contribution < 1.29 is 4.79 Å². The minimum Gasteiger partial charge on any atom is -0.356 e. The van der Waals surface area contributed by atoms with Crippen LogP contribution in [-0.4, -0.2) is 60.3 Å². The lowest BCUT2D eigenvalue weighted by atomic mass is 10.0. The van der Waals surface area contributed by atoms with Gasteiger partial charge in [-0.15, -0.1) is 0 Å². The highest BCUT2D eigenvalue weighted by Crippen LogP contribution is 2.20. The normalized spacial score (nSPS) is 17.0. The van der Waals surface area contributed by atoms with Crippen LogP contribution in [0.4, 0.5) is 0 Å². The first kappa shape index (κ1) is 19.9. The molecule has 1 fully saturated rings. The summed E-state index contributed by atoms with van der Waals surface area (Å²) in [5.41, 5.74) is 3.13. The van der Waals surface area contributed by atoms with Crippen LogP contribution in [0.1, 0.15) is 27.9 Å². The predicted octanol–water partition coefficient (Wildman–Crippen LogP) is 1.46. The highest BCUT2D eigenvalue weighted by atomic mass is 16.1. The van der Waals surface area contributed by atoms with E-state index in [1.54, 1.807) is 7.05 Å². The summed E-state index contributed by atoms with van der Waals surface area (Å²) in [6, 6.07) is 7.76. The Morgan fingerprint density at radius 1 is 1.36 bits per heavy atom. The van der Waals surface area contributed by atoms with Gasteiger partial charge in [-0.25, -0.2) is 0 Å². The van der Waals surface area contributed by atoms with E-state index < -0.39 is 0 Å². The molecule has 0 spiro atoms. The van der Waals surface area contributed by atoms with Gasteiger partial charge in [0.1, 0.15) is 0 Å². The van der Waals surface area contributed by atoms with Crippen LogP contribution in [0.25, 0.3) is 0 Å². The number of benzene rings is 1. The Morgan fingerprint density at radius 3 is 2.93 bits per heavy atom. The summed E-state index contributed by atoms with van der Waals surface area (Å²) in [7, 11) is 5.45. The first-order chi connectivity index (χ1) is 13.6.